The maximum Gasteiger partial charge on any atom is 0.258 e. The number of carbonyl (C=O) groups is 1. The first-order valence-corrected chi connectivity index (χ1v) is 7.19. The molecule has 0 radical (unpaired) electrons. The molecule has 1 aliphatic rings. The standard InChI is InChI=1S/C16H19N5O2/c1-20(2)15(22)16(12-6-8-17-10-12)7-9-19-21(16)13-4-5-14(23-3)18-11-13/h4-11,17,19H,1-3H3. The van der Waals surface area contributed by atoms with Crippen LogP contribution in [0.4, 0.5) is 5.69 Å². The van der Waals surface area contributed by atoms with Crippen molar-refractivity contribution in [2.45, 2.75) is 5.54 Å². The van der Waals surface area contributed by atoms with Crippen LogP contribution in [0.3, 0.4) is 0 Å². The zero-order chi connectivity index (χ0) is 16.4. The van der Waals surface area contributed by atoms with Gasteiger partial charge in [0.15, 0.2) is 5.54 Å². The Labute approximate surface area is 134 Å². The number of hydrazine groups is 1. The van der Waals surface area contributed by atoms with E-state index in [1.165, 1.54) is 0 Å². The SMILES string of the molecule is COc1ccc(N2NC=CC2(C(=O)N(C)C)c2cc[nH]c2)cn1. The number of aromatic nitrogens is 2. The van der Waals surface area contributed by atoms with Crippen LogP contribution >= 0.6 is 0 Å². The van der Waals surface area contributed by atoms with E-state index in [4.69, 9.17) is 4.74 Å². The summed E-state index contributed by atoms with van der Waals surface area (Å²) in [6.45, 7) is 0. The number of methoxy groups -OCH3 is 1. The second kappa shape index (κ2) is 5.68. The molecular weight excluding hydrogens is 294 g/mol. The quantitative estimate of drug-likeness (QED) is 0.888. The summed E-state index contributed by atoms with van der Waals surface area (Å²) in [5, 5.41) is 1.80. The van der Waals surface area contributed by atoms with E-state index in [1.807, 2.05) is 24.4 Å². The number of anilines is 1. The minimum Gasteiger partial charge on any atom is -0.481 e. The highest BCUT2D eigenvalue weighted by Crippen LogP contribution is 2.37. The molecule has 0 aliphatic carbocycles. The highest BCUT2D eigenvalue weighted by molar-refractivity contribution is 5.94. The first kappa shape index (κ1) is 15.0. The fourth-order valence-corrected chi connectivity index (χ4v) is 2.73. The number of nitrogens with zero attached hydrogens (tertiary/aromatic N) is 3. The van der Waals surface area contributed by atoms with Crippen LogP contribution in [0.1, 0.15) is 5.56 Å². The molecule has 0 spiro atoms. The summed E-state index contributed by atoms with van der Waals surface area (Å²) in [4.78, 5) is 21.8. The second-order valence-electron chi connectivity index (χ2n) is 5.42. The Kier molecular flexibility index (Phi) is 3.69. The van der Waals surface area contributed by atoms with Gasteiger partial charge < -0.3 is 20.0 Å². The van der Waals surface area contributed by atoms with Gasteiger partial charge in [0.2, 0.25) is 5.88 Å². The molecule has 3 heterocycles. The predicted octanol–water partition coefficient (Wildman–Crippen LogP) is 1.24. The number of amides is 1. The molecule has 7 heteroatoms. The summed E-state index contributed by atoms with van der Waals surface area (Å²) >= 11 is 0. The fraction of sp³-hybridized carbons (Fsp3) is 0.250. The van der Waals surface area contributed by atoms with Crippen LogP contribution in [0.2, 0.25) is 0 Å². The number of likely N-dealkylation sites (N-methyl/N-ethyl adjacent to an activating group) is 1. The average molecular weight is 313 g/mol. The molecule has 2 aromatic heterocycles. The summed E-state index contributed by atoms with van der Waals surface area (Å²) in [6, 6.07) is 5.51. The van der Waals surface area contributed by atoms with Gasteiger partial charge in [0, 0.05) is 44.3 Å². The molecule has 7 nitrogen and oxygen atoms in total. The number of nitrogens with one attached hydrogen (secondary N) is 2. The molecule has 0 fully saturated rings. The van der Waals surface area contributed by atoms with Gasteiger partial charge in [-0.25, -0.2) is 4.98 Å². The first-order chi connectivity index (χ1) is 11.1. The van der Waals surface area contributed by atoms with Gasteiger partial charge in [0.1, 0.15) is 0 Å². The van der Waals surface area contributed by atoms with Gasteiger partial charge in [0.05, 0.1) is 19.0 Å². The number of hydrogen-bond donors (Lipinski definition) is 2. The average Bonchev–Trinajstić information content (AvgIpc) is 3.24. The van der Waals surface area contributed by atoms with Crippen LogP contribution in [-0.2, 0) is 10.3 Å². The summed E-state index contributed by atoms with van der Waals surface area (Å²) in [5.74, 6) is 0.459. The highest BCUT2D eigenvalue weighted by atomic mass is 16.5. The molecule has 1 aliphatic heterocycles. The molecule has 0 saturated carbocycles. The van der Waals surface area contributed by atoms with E-state index in [0.717, 1.165) is 11.3 Å². The third kappa shape index (κ3) is 2.30. The molecule has 3 rings (SSSR count). The van der Waals surface area contributed by atoms with Gasteiger partial charge in [-0.15, -0.1) is 0 Å². The normalized spacial score (nSPS) is 19.5. The molecule has 2 N–H and O–H groups in total. The van der Waals surface area contributed by atoms with Crippen molar-refractivity contribution in [3.63, 3.8) is 0 Å². The van der Waals surface area contributed by atoms with Crippen LogP contribution in [-0.4, -0.2) is 42.0 Å². The Morgan fingerprint density at radius 3 is 2.74 bits per heavy atom. The third-order valence-electron chi connectivity index (χ3n) is 3.84. The van der Waals surface area contributed by atoms with Crippen LogP contribution in [0.5, 0.6) is 5.88 Å². The van der Waals surface area contributed by atoms with Crippen molar-refractivity contribution in [1.82, 2.24) is 20.3 Å². The van der Waals surface area contributed by atoms with Crippen molar-refractivity contribution in [3.8, 4) is 5.88 Å². The van der Waals surface area contributed by atoms with E-state index < -0.39 is 5.54 Å². The number of H-pyrrole nitrogens is 1. The molecule has 0 aromatic carbocycles. The molecule has 1 atom stereocenters. The van der Waals surface area contributed by atoms with Crippen molar-refractivity contribution in [2.24, 2.45) is 0 Å². The maximum atomic E-state index is 13.0. The Balaban J connectivity index is 2.09. The third-order valence-corrected chi connectivity index (χ3v) is 3.84. The molecule has 23 heavy (non-hydrogen) atoms. The van der Waals surface area contributed by atoms with E-state index in [-0.39, 0.29) is 5.91 Å². The zero-order valence-corrected chi connectivity index (χ0v) is 13.3. The molecular formula is C16H19N5O2. The highest BCUT2D eigenvalue weighted by Gasteiger charge is 2.48. The van der Waals surface area contributed by atoms with Crippen LogP contribution < -0.4 is 15.2 Å². The van der Waals surface area contributed by atoms with Gasteiger partial charge >= 0.3 is 0 Å². The minimum atomic E-state index is -0.972. The Morgan fingerprint density at radius 2 is 2.17 bits per heavy atom. The smallest absolute Gasteiger partial charge is 0.258 e. The van der Waals surface area contributed by atoms with Gasteiger partial charge in [-0.05, 0) is 18.2 Å². The van der Waals surface area contributed by atoms with Crippen LogP contribution in [0, 0.1) is 0 Å². The van der Waals surface area contributed by atoms with Crippen molar-refractivity contribution < 1.29 is 9.53 Å². The number of carbonyl (C=O) groups excluding carboxylic acids is 1. The van der Waals surface area contributed by atoms with Crippen molar-refractivity contribution in [3.05, 3.63) is 54.6 Å². The van der Waals surface area contributed by atoms with E-state index in [1.54, 1.807) is 55.8 Å². The maximum absolute atomic E-state index is 13.0. The van der Waals surface area contributed by atoms with Crippen molar-refractivity contribution in [1.29, 1.82) is 0 Å². The minimum absolute atomic E-state index is 0.0610. The lowest BCUT2D eigenvalue weighted by Gasteiger charge is -2.38. The molecule has 1 amide bonds. The monoisotopic (exact) mass is 313 g/mol. The van der Waals surface area contributed by atoms with Gasteiger partial charge in [-0.3, -0.25) is 9.80 Å². The second-order valence-corrected chi connectivity index (χ2v) is 5.42. The van der Waals surface area contributed by atoms with Gasteiger partial charge in [-0.1, -0.05) is 0 Å². The first-order valence-electron chi connectivity index (χ1n) is 7.19. The Hall–Kier alpha value is -2.96. The number of hydrogen-bond acceptors (Lipinski definition) is 5. The predicted molar refractivity (Wildman–Crippen MR) is 86.7 cm³/mol. The number of rotatable bonds is 4. The number of aromatic amines is 1. The van der Waals surface area contributed by atoms with Crippen molar-refractivity contribution in [2.75, 3.05) is 26.2 Å². The molecule has 0 saturated heterocycles. The molecule has 0 bridgehead atoms. The molecule has 120 valence electrons. The van der Waals surface area contributed by atoms with Crippen molar-refractivity contribution >= 4 is 11.6 Å². The van der Waals surface area contributed by atoms with E-state index in [2.05, 4.69) is 15.4 Å². The summed E-state index contributed by atoms with van der Waals surface area (Å²) in [7, 11) is 5.05. The fourth-order valence-electron chi connectivity index (χ4n) is 2.73. The Morgan fingerprint density at radius 1 is 1.35 bits per heavy atom. The van der Waals surface area contributed by atoms with E-state index in [9.17, 15) is 4.79 Å². The van der Waals surface area contributed by atoms with Crippen LogP contribution in [0.15, 0.2) is 49.1 Å². The number of ether oxygens (including phenoxy) is 1. The zero-order valence-electron chi connectivity index (χ0n) is 13.3. The van der Waals surface area contributed by atoms with Gasteiger partial charge in [-0.2, -0.15) is 0 Å². The number of pyridine rings is 1. The lowest BCUT2D eigenvalue weighted by atomic mass is 9.90. The van der Waals surface area contributed by atoms with E-state index >= 15 is 0 Å². The topological polar surface area (TPSA) is 73.5 Å². The largest absolute Gasteiger partial charge is 0.481 e. The summed E-state index contributed by atoms with van der Waals surface area (Å²) in [5.41, 5.74) is 3.76. The summed E-state index contributed by atoms with van der Waals surface area (Å²) in [6.07, 6.45) is 8.91. The lowest BCUT2D eigenvalue weighted by molar-refractivity contribution is -0.133. The van der Waals surface area contributed by atoms with E-state index in [0.29, 0.717) is 5.88 Å². The lowest BCUT2D eigenvalue weighted by Crippen LogP contribution is -2.55. The summed E-state index contributed by atoms with van der Waals surface area (Å²) < 4.78 is 5.10. The molecule has 2 aromatic rings. The van der Waals surface area contributed by atoms with Gasteiger partial charge in [0.25, 0.3) is 5.91 Å². The Bertz CT molecular complexity index is 709. The van der Waals surface area contributed by atoms with Crippen LogP contribution in [0.25, 0.3) is 0 Å². The molecule has 1 unspecified atom stereocenters.